The van der Waals surface area contributed by atoms with Gasteiger partial charge < -0.3 is 10.1 Å². The minimum atomic E-state index is 0.100. The second-order valence-electron chi connectivity index (χ2n) is 6.97. The van der Waals surface area contributed by atoms with Gasteiger partial charge in [-0.1, -0.05) is 6.92 Å². The third kappa shape index (κ3) is 3.69. The lowest BCUT2D eigenvalue weighted by molar-refractivity contribution is -0.0300. The summed E-state index contributed by atoms with van der Waals surface area (Å²) in [6.45, 7) is 13.7. The highest BCUT2D eigenvalue weighted by Gasteiger charge is 2.34. The monoisotopic (exact) mass is 254 g/mol. The quantitative estimate of drug-likeness (QED) is 0.837. The number of hydrogen-bond donors (Lipinski definition) is 1. The molecule has 0 aromatic carbocycles. The summed E-state index contributed by atoms with van der Waals surface area (Å²) >= 11 is 0. The maximum Gasteiger partial charge on any atom is 0.0710 e. The van der Waals surface area contributed by atoms with Gasteiger partial charge in [-0.2, -0.15) is 0 Å². The number of nitrogens with one attached hydrogen (secondary N) is 1. The molecule has 2 aliphatic rings. The highest BCUT2D eigenvalue weighted by molar-refractivity contribution is 4.90. The van der Waals surface area contributed by atoms with Gasteiger partial charge >= 0.3 is 0 Å². The molecule has 0 aromatic heterocycles. The molecule has 2 unspecified atom stereocenters. The van der Waals surface area contributed by atoms with Crippen molar-refractivity contribution in [2.24, 2.45) is 0 Å². The van der Waals surface area contributed by atoms with Crippen molar-refractivity contribution in [1.29, 1.82) is 0 Å². The van der Waals surface area contributed by atoms with E-state index < -0.39 is 0 Å². The van der Waals surface area contributed by atoms with Gasteiger partial charge in [0.2, 0.25) is 0 Å². The van der Waals surface area contributed by atoms with Crippen molar-refractivity contribution in [3.8, 4) is 0 Å². The normalized spacial score (nSPS) is 37.7. The molecule has 0 aromatic rings. The van der Waals surface area contributed by atoms with E-state index >= 15 is 0 Å². The fourth-order valence-corrected chi connectivity index (χ4v) is 3.21. The van der Waals surface area contributed by atoms with Crippen LogP contribution in [0.4, 0.5) is 0 Å². The molecular formula is C15H30N2O. The lowest BCUT2D eigenvalue weighted by Gasteiger charge is -2.34. The predicted octanol–water partition coefficient (Wildman–Crippen LogP) is 2.41. The van der Waals surface area contributed by atoms with E-state index in [2.05, 4.69) is 37.9 Å². The molecule has 0 radical (unpaired) electrons. The Hall–Kier alpha value is -0.120. The molecule has 2 atom stereocenters. The molecule has 18 heavy (non-hydrogen) atoms. The molecular weight excluding hydrogens is 224 g/mol. The molecule has 0 aliphatic carbocycles. The molecule has 1 N–H and O–H groups in total. The smallest absolute Gasteiger partial charge is 0.0710 e. The van der Waals surface area contributed by atoms with Crippen LogP contribution in [-0.2, 0) is 4.74 Å². The Balaban J connectivity index is 1.88. The van der Waals surface area contributed by atoms with Crippen molar-refractivity contribution in [1.82, 2.24) is 10.2 Å². The molecule has 2 heterocycles. The zero-order chi connectivity index (χ0) is 13.2. The maximum absolute atomic E-state index is 6.13. The van der Waals surface area contributed by atoms with Gasteiger partial charge in [0.1, 0.15) is 0 Å². The average Bonchev–Trinajstić information content (AvgIpc) is 2.53. The van der Waals surface area contributed by atoms with Gasteiger partial charge in [0.05, 0.1) is 11.7 Å². The lowest BCUT2D eigenvalue weighted by Crippen LogP contribution is -2.49. The zero-order valence-corrected chi connectivity index (χ0v) is 12.6. The predicted molar refractivity (Wildman–Crippen MR) is 75.9 cm³/mol. The van der Waals surface area contributed by atoms with Gasteiger partial charge in [-0.15, -0.1) is 0 Å². The Labute approximate surface area is 112 Å². The van der Waals surface area contributed by atoms with E-state index in [4.69, 9.17) is 4.74 Å². The largest absolute Gasteiger partial charge is 0.371 e. The van der Waals surface area contributed by atoms with Crippen molar-refractivity contribution >= 4 is 0 Å². The van der Waals surface area contributed by atoms with E-state index in [1.807, 2.05) is 0 Å². The standard InChI is InChI=1S/C15H30N2O/c1-5-15(4)12-17(10-6-9-16-15)11-13-7-8-14(2,3)18-13/h13,16H,5-12H2,1-4H3. The van der Waals surface area contributed by atoms with Gasteiger partial charge in [-0.3, -0.25) is 4.90 Å². The molecule has 2 rings (SSSR count). The Kier molecular flexibility index (Phi) is 4.35. The molecule has 0 spiro atoms. The number of hydrogen-bond acceptors (Lipinski definition) is 3. The van der Waals surface area contributed by atoms with Crippen LogP contribution < -0.4 is 5.32 Å². The topological polar surface area (TPSA) is 24.5 Å². The van der Waals surface area contributed by atoms with Crippen LogP contribution in [0.5, 0.6) is 0 Å². The Morgan fingerprint density at radius 1 is 1.33 bits per heavy atom. The van der Waals surface area contributed by atoms with E-state index in [0.29, 0.717) is 6.10 Å². The molecule has 3 nitrogen and oxygen atoms in total. The zero-order valence-electron chi connectivity index (χ0n) is 12.6. The van der Waals surface area contributed by atoms with Crippen molar-refractivity contribution < 1.29 is 4.74 Å². The fraction of sp³-hybridized carbons (Fsp3) is 1.00. The van der Waals surface area contributed by atoms with E-state index in [-0.39, 0.29) is 11.1 Å². The minimum absolute atomic E-state index is 0.100. The highest BCUT2D eigenvalue weighted by atomic mass is 16.5. The molecule has 0 bridgehead atoms. The van der Waals surface area contributed by atoms with E-state index in [1.54, 1.807) is 0 Å². The second-order valence-corrected chi connectivity index (χ2v) is 6.97. The number of ether oxygens (including phenoxy) is 1. The number of rotatable bonds is 3. The van der Waals surface area contributed by atoms with Crippen LogP contribution in [0.1, 0.15) is 53.4 Å². The Bertz CT molecular complexity index is 280. The van der Waals surface area contributed by atoms with Crippen molar-refractivity contribution in [3.63, 3.8) is 0 Å². The third-order valence-corrected chi connectivity index (χ3v) is 4.57. The Morgan fingerprint density at radius 3 is 2.72 bits per heavy atom. The van der Waals surface area contributed by atoms with Crippen LogP contribution in [-0.4, -0.2) is 48.3 Å². The van der Waals surface area contributed by atoms with Crippen LogP contribution in [0, 0.1) is 0 Å². The molecule has 106 valence electrons. The summed E-state index contributed by atoms with van der Waals surface area (Å²) in [6.07, 6.45) is 5.32. The van der Waals surface area contributed by atoms with Crippen molar-refractivity contribution in [2.75, 3.05) is 26.2 Å². The van der Waals surface area contributed by atoms with E-state index in [1.165, 1.54) is 32.2 Å². The maximum atomic E-state index is 6.13. The van der Waals surface area contributed by atoms with Crippen LogP contribution in [0.15, 0.2) is 0 Å². The van der Waals surface area contributed by atoms with E-state index in [0.717, 1.165) is 19.6 Å². The second kappa shape index (κ2) is 5.48. The summed E-state index contributed by atoms with van der Waals surface area (Å²) in [4.78, 5) is 2.61. The van der Waals surface area contributed by atoms with Gasteiger partial charge in [0, 0.05) is 18.6 Å². The fourth-order valence-electron chi connectivity index (χ4n) is 3.21. The summed E-state index contributed by atoms with van der Waals surface area (Å²) in [5, 5.41) is 3.70. The third-order valence-electron chi connectivity index (χ3n) is 4.57. The summed E-state index contributed by atoms with van der Waals surface area (Å²) < 4.78 is 6.13. The van der Waals surface area contributed by atoms with Gasteiger partial charge in [-0.05, 0) is 59.5 Å². The SMILES string of the molecule is CCC1(C)CN(CC2CCC(C)(C)O2)CCCN1. The first-order valence-electron chi connectivity index (χ1n) is 7.58. The molecule has 0 saturated carbocycles. The van der Waals surface area contributed by atoms with Crippen molar-refractivity contribution in [3.05, 3.63) is 0 Å². The first-order valence-corrected chi connectivity index (χ1v) is 7.58. The summed E-state index contributed by atoms with van der Waals surface area (Å²) in [5.41, 5.74) is 0.382. The van der Waals surface area contributed by atoms with Crippen LogP contribution in [0.2, 0.25) is 0 Å². The summed E-state index contributed by atoms with van der Waals surface area (Å²) in [6, 6.07) is 0. The van der Waals surface area contributed by atoms with E-state index in [9.17, 15) is 0 Å². The lowest BCUT2D eigenvalue weighted by atomic mass is 9.98. The van der Waals surface area contributed by atoms with Gasteiger partial charge in [0.25, 0.3) is 0 Å². The van der Waals surface area contributed by atoms with Crippen LogP contribution in [0.3, 0.4) is 0 Å². The first-order chi connectivity index (χ1) is 8.42. The molecule has 2 saturated heterocycles. The van der Waals surface area contributed by atoms with Crippen LogP contribution >= 0.6 is 0 Å². The Morgan fingerprint density at radius 2 is 2.11 bits per heavy atom. The minimum Gasteiger partial charge on any atom is -0.371 e. The van der Waals surface area contributed by atoms with Gasteiger partial charge in [-0.25, -0.2) is 0 Å². The van der Waals surface area contributed by atoms with Crippen LogP contribution in [0.25, 0.3) is 0 Å². The summed E-state index contributed by atoms with van der Waals surface area (Å²) in [5.74, 6) is 0. The van der Waals surface area contributed by atoms with Gasteiger partial charge in [0.15, 0.2) is 0 Å². The molecule has 2 aliphatic heterocycles. The first kappa shape index (κ1) is 14.3. The highest BCUT2D eigenvalue weighted by Crippen LogP contribution is 2.30. The molecule has 3 heteroatoms. The van der Waals surface area contributed by atoms with Crippen molar-refractivity contribution in [2.45, 2.75) is 70.6 Å². The molecule has 0 amide bonds. The number of nitrogens with zero attached hydrogens (tertiary/aromatic N) is 1. The molecule has 2 fully saturated rings. The summed E-state index contributed by atoms with van der Waals surface area (Å²) in [7, 11) is 0. The average molecular weight is 254 g/mol.